The summed E-state index contributed by atoms with van der Waals surface area (Å²) < 4.78 is 2.75. The van der Waals surface area contributed by atoms with Crippen molar-refractivity contribution in [1.82, 2.24) is 19.7 Å². The smallest absolute Gasteiger partial charge is 0.257 e. The molecule has 25 heavy (non-hydrogen) atoms. The number of carbonyl (C=O) groups is 1. The van der Waals surface area contributed by atoms with Crippen LogP contribution >= 0.6 is 22.9 Å². The van der Waals surface area contributed by atoms with E-state index in [4.69, 9.17) is 16.6 Å². The SMILES string of the molecule is Cn1cc(C(=O)N2CCCN(c3nc4c(Cl)cccc4s3)CC2)cn1. The fourth-order valence-corrected chi connectivity index (χ4v) is 4.38. The first-order valence-corrected chi connectivity index (χ1v) is 9.39. The molecule has 0 atom stereocenters. The third-order valence-electron chi connectivity index (χ3n) is 4.36. The quantitative estimate of drug-likeness (QED) is 0.690. The number of nitrogens with zero attached hydrogens (tertiary/aromatic N) is 5. The van der Waals surface area contributed by atoms with E-state index in [0.29, 0.717) is 17.1 Å². The highest BCUT2D eigenvalue weighted by Crippen LogP contribution is 2.33. The van der Waals surface area contributed by atoms with Gasteiger partial charge in [0.1, 0.15) is 5.52 Å². The number of hydrogen-bond acceptors (Lipinski definition) is 5. The number of benzene rings is 1. The zero-order valence-corrected chi connectivity index (χ0v) is 15.4. The van der Waals surface area contributed by atoms with Crippen molar-refractivity contribution in [3.05, 3.63) is 41.2 Å². The normalized spacial score (nSPS) is 15.6. The van der Waals surface area contributed by atoms with Gasteiger partial charge in [0.2, 0.25) is 0 Å². The van der Waals surface area contributed by atoms with Crippen LogP contribution in [0.15, 0.2) is 30.6 Å². The molecule has 2 aromatic heterocycles. The molecule has 0 bridgehead atoms. The number of hydrogen-bond donors (Lipinski definition) is 0. The second-order valence-corrected chi connectivity index (χ2v) is 7.53. The van der Waals surface area contributed by atoms with Crippen molar-refractivity contribution in [2.24, 2.45) is 7.05 Å². The lowest BCUT2D eigenvalue weighted by atomic mass is 10.3. The summed E-state index contributed by atoms with van der Waals surface area (Å²) in [6.45, 7) is 3.07. The van der Waals surface area contributed by atoms with Crippen molar-refractivity contribution in [3.63, 3.8) is 0 Å². The maximum absolute atomic E-state index is 12.6. The number of rotatable bonds is 2. The summed E-state index contributed by atoms with van der Waals surface area (Å²) in [5, 5.41) is 5.74. The minimum absolute atomic E-state index is 0.0438. The Morgan fingerprint density at radius 1 is 1.24 bits per heavy atom. The van der Waals surface area contributed by atoms with Gasteiger partial charge in [0.15, 0.2) is 5.13 Å². The highest BCUT2D eigenvalue weighted by Gasteiger charge is 2.23. The average Bonchev–Trinajstić information content (AvgIpc) is 3.15. The van der Waals surface area contributed by atoms with Gasteiger partial charge in [0, 0.05) is 39.4 Å². The molecule has 0 radical (unpaired) electrons. The number of para-hydroxylation sites is 1. The number of halogens is 1. The molecule has 1 saturated heterocycles. The van der Waals surface area contributed by atoms with Crippen LogP contribution in [0, 0.1) is 0 Å². The summed E-state index contributed by atoms with van der Waals surface area (Å²) in [5.74, 6) is 0.0438. The largest absolute Gasteiger partial charge is 0.346 e. The van der Waals surface area contributed by atoms with Gasteiger partial charge in [-0.3, -0.25) is 9.48 Å². The number of fused-ring (bicyclic) bond motifs is 1. The molecule has 3 heterocycles. The van der Waals surface area contributed by atoms with Crippen molar-refractivity contribution < 1.29 is 4.79 Å². The van der Waals surface area contributed by atoms with Crippen LogP contribution in [-0.2, 0) is 7.05 Å². The molecule has 0 saturated carbocycles. The molecule has 1 aliphatic rings. The third kappa shape index (κ3) is 3.21. The Morgan fingerprint density at radius 2 is 2.12 bits per heavy atom. The molecule has 1 amide bonds. The van der Waals surface area contributed by atoms with Gasteiger partial charge in [-0.05, 0) is 18.6 Å². The minimum atomic E-state index is 0.0438. The van der Waals surface area contributed by atoms with E-state index in [0.717, 1.165) is 41.4 Å². The van der Waals surface area contributed by atoms with E-state index in [1.807, 2.05) is 30.1 Å². The molecule has 3 aromatic rings. The fraction of sp³-hybridized carbons (Fsp3) is 0.353. The van der Waals surface area contributed by atoms with Gasteiger partial charge in [-0.1, -0.05) is 29.0 Å². The molecule has 1 fully saturated rings. The summed E-state index contributed by atoms with van der Waals surface area (Å²) in [5.41, 5.74) is 1.50. The molecule has 8 heteroatoms. The van der Waals surface area contributed by atoms with E-state index >= 15 is 0 Å². The molecular formula is C17H18ClN5OS. The average molecular weight is 376 g/mol. The van der Waals surface area contributed by atoms with Crippen LogP contribution in [0.3, 0.4) is 0 Å². The van der Waals surface area contributed by atoms with Gasteiger partial charge in [-0.2, -0.15) is 5.10 Å². The van der Waals surface area contributed by atoms with E-state index in [1.165, 1.54) is 0 Å². The van der Waals surface area contributed by atoms with Crippen molar-refractivity contribution >= 4 is 44.2 Å². The van der Waals surface area contributed by atoms with Crippen LogP contribution in [0.25, 0.3) is 10.2 Å². The van der Waals surface area contributed by atoms with E-state index in [2.05, 4.69) is 10.00 Å². The Morgan fingerprint density at radius 3 is 2.88 bits per heavy atom. The first-order chi connectivity index (χ1) is 12.1. The molecule has 0 spiro atoms. The first-order valence-electron chi connectivity index (χ1n) is 8.20. The molecule has 4 rings (SSSR count). The zero-order chi connectivity index (χ0) is 17.4. The van der Waals surface area contributed by atoms with Crippen LogP contribution in [0.1, 0.15) is 16.8 Å². The highest BCUT2D eigenvalue weighted by molar-refractivity contribution is 7.22. The molecule has 0 aliphatic carbocycles. The van der Waals surface area contributed by atoms with Gasteiger partial charge in [-0.25, -0.2) is 4.98 Å². The number of carbonyl (C=O) groups excluding carboxylic acids is 1. The van der Waals surface area contributed by atoms with Gasteiger partial charge in [0.05, 0.1) is 21.5 Å². The van der Waals surface area contributed by atoms with Crippen molar-refractivity contribution in [3.8, 4) is 0 Å². The lowest BCUT2D eigenvalue weighted by Gasteiger charge is -2.21. The number of amides is 1. The summed E-state index contributed by atoms with van der Waals surface area (Å²) in [7, 11) is 1.82. The Balaban J connectivity index is 1.50. The number of aryl methyl sites for hydroxylation is 1. The lowest BCUT2D eigenvalue weighted by Crippen LogP contribution is -2.35. The van der Waals surface area contributed by atoms with Crippen molar-refractivity contribution in [1.29, 1.82) is 0 Å². The van der Waals surface area contributed by atoms with Crippen LogP contribution in [0.4, 0.5) is 5.13 Å². The molecule has 6 nitrogen and oxygen atoms in total. The molecular weight excluding hydrogens is 358 g/mol. The van der Waals surface area contributed by atoms with E-state index < -0.39 is 0 Å². The zero-order valence-electron chi connectivity index (χ0n) is 13.9. The van der Waals surface area contributed by atoms with Gasteiger partial charge in [0.25, 0.3) is 5.91 Å². The van der Waals surface area contributed by atoms with Crippen LogP contribution < -0.4 is 4.90 Å². The van der Waals surface area contributed by atoms with Crippen molar-refractivity contribution in [2.45, 2.75) is 6.42 Å². The van der Waals surface area contributed by atoms with Gasteiger partial charge < -0.3 is 9.80 Å². The highest BCUT2D eigenvalue weighted by atomic mass is 35.5. The third-order valence-corrected chi connectivity index (χ3v) is 5.75. The maximum Gasteiger partial charge on any atom is 0.257 e. The second kappa shape index (κ2) is 6.65. The van der Waals surface area contributed by atoms with Gasteiger partial charge in [-0.15, -0.1) is 0 Å². The fourth-order valence-electron chi connectivity index (χ4n) is 3.06. The number of anilines is 1. The van der Waals surface area contributed by atoms with Crippen LogP contribution in [0.2, 0.25) is 5.02 Å². The predicted molar refractivity (Wildman–Crippen MR) is 101 cm³/mol. The van der Waals surface area contributed by atoms with Crippen molar-refractivity contribution in [2.75, 3.05) is 31.1 Å². The summed E-state index contributed by atoms with van der Waals surface area (Å²) in [4.78, 5) is 21.5. The monoisotopic (exact) mass is 375 g/mol. The van der Waals surface area contributed by atoms with E-state index in [9.17, 15) is 4.79 Å². The first kappa shape index (κ1) is 16.4. The standard InChI is InChI=1S/C17H18ClN5OS/c1-21-11-12(10-19-21)16(24)22-6-3-7-23(9-8-22)17-20-15-13(18)4-2-5-14(15)25-17/h2,4-5,10-11H,3,6-9H2,1H3. The molecule has 1 aromatic carbocycles. The predicted octanol–water partition coefficient (Wildman–Crippen LogP) is 3.04. The van der Waals surface area contributed by atoms with E-state index in [-0.39, 0.29) is 5.91 Å². The Kier molecular flexibility index (Phi) is 4.35. The Labute approximate surface area is 154 Å². The number of thiazole rings is 1. The molecule has 0 N–H and O–H groups in total. The summed E-state index contributed by atoms with van der Waals surface area (Å²) >= 11 is 7.89. The van der Waals surface area contributed by atoms with Gasteiger partial charge >= 0.3 is 0 Å². The summed E-state index contributed by atoms with van der Waals surface area (Å²) in [6, 6.07) is 5.85. The van der Waals surface area contributed by atoms with Crippen LogP contribution in [0.5, 0.6) is 0 Å². The van der Waals surface area contributed by atoms with E-state index in [1.54, 1.807) is 28.4 Å². The Bertz CT molecular complexity index is 921. The maximum atomic E-state index is 12.6. The molecule has 130 valence electrons. The number of aromatic nitrogens is 3. The van der Waals surface area contributed by atoms with Crippen LogP contribution in [-0.4, -0.2) is 51.8 Å². The second-order valence-electron chi connectivity index (χ2n) is 6.12. The molecule has 1 aliphatic heterocycles. The molecule has 0 unspecified atom stereocenters. The Hall–Kier alpha value is -2.12. The lowest BCUT2D eigenvalue weighted by molar-refractivity contribution is 0.0767. The summed E-state index contributed by atoms with van der Waals surface area (Å²) in [6.07, 6.45) is 4.30. The minimum Gasteiger partial charge on any atom is -0.346 e. The topological polar surface area (TPSA) is 54.3 Å².